The molecule has 0 unspecified atom stereocenters. The smallest absolute Gasteiger partial charge is 0.196 e. The summed E-state index contributed by atoms with van der Waals surface area (Å²) in [5, 5.41) is 0.447. The van der Waals surface area contributed by atoms with E-state index in [2.05, 4.69) is 0 Å². The van der Waals surface area contributed by atoms with Crippen molar-refractivity contribution in [2.24, 2.45) is 10.8 Å². The number of fused-ring (bicyclic) bond motifs is 1. The number of ether oxygens (including phenoxy) is 1. The second-order valence-electron chi connectivity index (χ2n) is 10.6. The van der Waals surface area contributed by atoms with E-state index in [1.165, 1.54) is 6.26 Å². The predicted molar refractivity (Wildman–Crippen MR) is 116 cm³/mol. The first-order chi connectivity index (χ1) is 14.6. The first-order valence-corrected chi connectivity index (χ1v) is 10.8. The number of rotatable bonds is 1. The Labute approximate surface area is 180 Å². The molecule has 5 nitrogen and oxygen atoms in total. The van der Waals surface area contributed by atoms with Gasteiger partial charge in [0, 0.05) is 42.4 Å². The molecular formula is C26H26O5. The summed E-state index contributed by atoms with van der Waals surface area (Å²) in [6.45, 7) is 8.16. The summed E-state index contributed by atoms with van der Waals surface area (Å²) >= 11 is 0. The molecule has 0 fully saturated rings. The number of hydrogen-bond donors (Lipinski definition) is 0. The number of carbonyl (C=O) groups excluding carboxylic acids is 2. The molecule has 2 aromatic rings. The fourth-order valence-electron chi connectivity index (χ4n) is 5.28. The van der Waals surface area contributed by atoms with Gasteiger partial charge in [0.1, 0.15) is 17.1 Å². The molecule has 3 aliphatic rings. The minimum absolute atomic E-state index is 0.0620. The van der Waals surface area contributed by atoms with Crippen molar-refractivity contribution in [2.45, 2.75) is 59.3 Å². The third-order valence-electron chi connectivity index (χ3n) is 6.60. The Hall–Kier alpha value is -2.95. The normalized spacial score (nSPS) is 23.0. The molecule has 31 heavy (non-hydrogen) atoms. The number of Topliss-reactive ketones (excluding diaryl/α,β-unsaturated/α-hetero) is 2. The van der Waals surface area contributed by atoms with E-state index in [4.69, 9.17) is 9.15 Å². The summed E-state index contributed by atoms with van der Waals surface area (Å²) in [6.07, 6.45) is 3.32. The zero-order chi connectivity index (χ0) is 22.1. The standard InChI is InChI=1S/C26H26O5/c1-25(2)9-16(27)22-19(11-25)31-20-12-26(3,4)10-17(28)23(20)21(22)15-13-30-18-8-6-5-7-14(18)24(15)29/h5-8,13,21H,9-12H2,1-4H3. The van der Waals surface area contributed by atoms with Crippen LogP contribution in [-0.4, -0.2) is 11.6 Å². The van der Waals surface area contributed by atoms with Crippen LogP contribution in [0.2, 0.25) is 0 Å². The quantitative estimate of drug-likeness (QED) is 0.637. The van der Waals surface area contributed by atoms with Gasteiger partial charge >= 0.3 is 0 Å². The molecule has 0 N–H and O–H groups in total. The minimum atomic E-state index is -0.730. The average Bonchev–Trinajstić information content (AvgIpc) is 2.65. The van der Waals surface area contributed by atoms with Gasteiger partial charge in [0.05, 0.1) is 17.6 Å². The number of benzene rings is 1. The molecule has 0 saturated carbocycles. The average molecular weight is 418 g/mol. The molecule has 1 aromatic heterocycles. The van der Waals surface area contributed by atoms with Gasteiger partial charge in [-0.3, -0.25) is 14.4 Å². The Morgan fingerprint density at radius 1 is 0.806 bits per heavy atom. The van der Waals surface area contributed by atoms with Gasteiger partial charge in [0.25, 0.3) is 0 Å². The Morgan fingerprint density at radius 3 is 1.94 bits per heavy atom. The van der Waals surface area contributed by atoms with E-state index in [9.17, 15) is 14.4 Å². The Balaban J connectivity index is 1.78. The van der Waals surface area contributed by atoms with Crippen LogP contribution in [0.1, 0.15) is 64.9 Å². The lowest BCUT2D eigenvalue weighted by Gasteiger charge is -2.42. The second kappa shape index (κ2) is 6.52. The van der Waals surface area contributed by atoms with Crippen LogP contribution in [0.3, 0.4) is 0 Å². The molecule has 0 bridgehead atoms. The van der Waals surface area contributed by atoms with Gasteiger partial charge in [-0.15, -0.1) is 0 Å². The van der Waals surface area contributed by atoms with Crippen LogP contribution in [-0.2, 0) is 14.3 Å². The molecule has 1 aliphatic heterocycles. The molecular weight excluding hydrogens is 392 g/mol. The van der Waals surface area contributed by atoms with Crippen LogP contribution in [0.4, 0.5) is 0 Å². The maximum atomic E-state index is 13.5. The van der Waals surface area contributed by atoms with Gasteiger partial charge in [-0.2, -0.15) is 0 Å². The van der Waals surface area contributed by atoms with Crippen molar-refractivity contribution >= 4 is 22.5 Å². The SMILES string of the molecule is CC1(C)CC(=O)C2=C(C1)OC1=C(C(=O)CC(C)(C)C1)C2c1coc2ccccc2c1=O. The first kappa shape index (κ1) is 20.0. The molecule has 2 aliphatic carbocycles. The van der Waals surface area contributed by atoms with E-state index >= 15 is 0 Å². The van der Waals surface area contributed by atoms with Crippen LogP contribution >= 0.6 is 0 Å². The summed E-state index contributed by atoms with van der Waals surface area (Å²) in [5.41, 5.74) is 1.05. The summed E-state index contributed by atoms with van der Waals surface area (Å²) in [6, 6.07) is 7.04. The van der Waals surface area contributed by atoms with E-state index < -0.39 is 5.92 Å². The van der Waals surface area contributed by atoms with Crippen LogP contribution in [0.15, 0.2) is 62.4 Å². The Morgan fingerprint density at radius 2 is 1.35 bits per heavy atom. The van der Waals surface area contributed by atoms with Crippen molar-refractivity contribution in [1.82, 2.24) is 0 Å². The Kier molecular flexibility index (Phi) is 4.20. The predicted octanol–water partition coefficient (Wildman–Crippen LogP) is 5.19. The van der Waals surface area contributed by atoms with Crippen molar-refractivity contribution in [2.75, 3.05) is 0 Å². The lowest BCUT2D eigenvalue weighted by molar-refractivity contribution is -0.120. The van der Waals surface area contributed by atoms with E-state index in [0.29, 0.717) is 64.9 Å². The van der Waals surface area contributed by atoms with Crippen molar-refractivity contribution < 1.29 is 18.7 Å². The van der Waals surface area contributed by atoms with Gasteiger partial charge in [0.2, 0.25) is 0 Å². The van der Waals surface area contributed by atoms with Crippen molar-refractivity contribution in [1.29, 1.82) is 0 Å². The monoisotopic (exact) mass is 418 g/mol. The largest absolute Gasteiger partial charge is 0.465 e. The topological polar surface area (TPSA) is 73.6 Å². The van der Waals surface area contributed by atoms with Crippen LogP contribution in [0.5, 0.6) is 0 Å². The second-order valence-corrected chi connectivity index (χ2v) is 10.6. The van der Waals surface area contributed by atoms with Crippen molar-refractivity contribution in [3.05, 3.63) is 69.0 Å². The molecule has 2 heterocycles. The summed E-state index contributed by atoms with van der Waals surface area (Å²) in [7, 11) is 0. The summed E-state index contributed by atoms with van der Waals surface area (Å²) in [5.74, 6) is 0.346. The fourth-order valence-corrected chi connectivity index (χ4v) is 5.28. The number of hydrogen-bond acceptors (Lipinski definition) is 5. The van der Waals surface area contributed by atoms with Crippen LogP contribution in [0.25, 0.3) is 11.0 Å². The Bertz CT molecular complexity index is 1220. The van der Waals surface area contributed by atoms with Gasteiger partial charge < -0.3 is 9.15 Å². The van der Waals surface area contributed by atoms with Gasteiger partial charge in [-0.25, -0.2) is 0 Å². The lowest BCUT2D eigenvalue weighted by atomic mass is 9.66. The van der Waals surface area contributed by atoms with Crippen LogP contribution < -0.4 is 5.43 Å². The van der Waals surface area contributed by atoms with E-state index in [1.807, 2.05) is 27.7 Å². The minimum Gasteiger partial charge on any atom is -0.465 e. The van der Waals surface area contributed by atoms with Gasteiger partial charge in [-0.1, -0.05) is 39.8 Å². The maximum Gasteiger partial charge on any atom is 0.196 e. The highest BCUT2D eigenvalue weighted by molar-refractivity contribution is 6.06. The maximum absolute atomic E-state index is 13.5. The zero-order valence-electron chi connectivity index (χ0n) is 18.3. The highest BCUT2D eigenvalue weighted by Crippen LogP contribution is 2.52. The number of para-hydroxylation sites is 1. The molecule has 0 radical (unpaired) electrons. The molecule has 0 spiro atoms. The highest BCUT2D eigenvalue weighted by Gasteiger charge is 2.48. The zero-order valence-corrected chi connectivity index (χ0v) is 18.3. The first-order valence-electron chi connectivity index (χ1n) is 10.8. The van der Waals surface area contributed by atoms with E-state index in [0.717, 1.165) is 0 Å². The van der Waals surface area contributed by atoms with Gasteiger partial charge in [-0.05, 0) is 23.0 Å². The molecule has 5 heteroatoms. The van der Waals surface area contributed by atoms with Gasteiger partial charge in [0.15, 0.2) is 17.0 Å². The summed E-state index contributed by atoms with van der Waals surface area (Å²) in [4.78, 5) is 40.1. The number of ketones is 2. The van der Waals surface area contributed by atoms with Crippen molar-refractivity contribution in [3.8, 4) is 0 Å². The molecule has 5 rings (SSSR count). The fraction of sp³-hybridized carbons (Fsp3) is 0.423. The lowest BCUT2D eigenvalue weighted by Crippen LogP contribution is -2.38. The number of carbonyl (C=O) groups is 2. The van der Waals surface area contributed by atoms with E-state index in [-0.39, 0.29) is 27.8 Å². The third-order valence-corrected chi connectivity index (χ3v) is 6.60. The molecule has 0 atom stereocenters. The molecule has 1 aromatic carbocycles. The summed E-state index contributed by atoms with van der Waals surface area (Å²) < 4.78 is 12.1. The van der Waals surface area contributed by atoms with E-state index in [1.54, 1.807) is 24.3 Å². The third kappa shape index (κ3) is 3.18. The molecule has 0 saturated heterocycles. The highest BCUT2D eigenvalue weighted by atomic mass is 16.5. The van der Waals surface area contributed by atoms with Crippen LogP contribution in [0, 0.1) is 10.8 Å². The molecule has 160 valence electrons. The number of allylic oxidation sites excluding steroid dienone is 4. The molecule has 0 amide bonds. The van der Waals surface area contributed by atoms with Crippen molar-refractivity contribution in [3.63, 3.8) is 0 Å².